The highest BCUT2D eigenvalue weighted by Gasteiger charge is 2.07. The summed E-state index contributed by atoms with van der Waals surface area (Å²) in [6.07, 6.45) is 1.65. The number of rotatable bonds is 7. The Morgan fingerprint density at radius 1 is 1.38 bits per heavy atom. The summed E-state index contributed by atoms with van der Waals surface area (Å²) < 4.78 is 0.762. The zero-order valence-corrected chi connectivity index (χ0v) is 13.3. The Kier molecular flexibility index (Phi) is 5.77. The maximum Gasteiger partial charge on any atom is 0.230 e. The van der Waals surface area contributed by atoms with Gasteiger partial charge in [0, 0.05) is 12.2 Å². The predicted octanol–water partition coefficient (Wildman–Crippen LogP) is 2.98. The number of benzene rings is 1. The van der Waals surface area contributed by atoms with Gasteiger partial charge in [-0.2, -0.15) is 0 Å². The molecule has 0 aliphatic rings. The van der Waals surface area contributed by atoms with Crippen LogP contribution in [0.15, 0.2) is 41.3 Å². The fourth-order valence-corrected chi connectivity index (χ4v) is 3.05. The number of hydrogen-bond acceptors (Lipinski definition) is 6. The minimum atomic E-state index is -0.0388. The molecule has 0 unspecified atom stereocenters. The lowest BCUT2D eigenvalue weighted by Crippen LogP contribution is -2.24. The van der Waals surface area contributed by atoms with Crippen molar-refractivity contribution in [2.45, 2.75) is 11.3 Å². The number of carbonyl (C=O) groups excluding carboxylic acids is 1. The Labute approximate surface area is 131 Å². The summed E-state index contributed by atoms with van der Waals surface area (Å²) in [5.41, 5.74) is 2.18. The van der Waals surface area contributed by atoms with E-state index in [1.165, 1.54) is 28.7 Å². The first kappa shape index (κ1) is 15.5. The van der Waals surface area contributed by atoms with Crippen molar-refractivity contribution < 1.29 is 4.79 Å². The highest BCUT2D eigenvalue weighted by atomic mass is 32.2. The zero-order chi connectivity index (χ0) is 15.1. The number of nitrogens with zero attached hydrogens (tertiary/aromatic N) is 2. The minimum absolute atomic E-state index is 0.0388. The van der Waals surface area contributed by atoms with Crippen molar-refractivity contribution in [3.63, 3.8) is 0 Å². The van der Waals surface area contributed by atoms with Crippen LogP contribution in [0.1, 0.15) is 5.56 Å². The van der Waals surface area contributed by atoms with Crippen molar-refractivity contribution in [3.05, 3.63) is 42.5 Å². The van der Waals surface area contributed by atoms with Gasteiger partial charge in [0.05, 0.1) is 5.75 Å². The number of nitrogens with one attached hydrogen (secondary N) is 2. The predicted molar refractivity (Wildman–Crippen MR) is 88.3 cm³/mol. The Bertz CT molecular complexity index is 610. The van der Waals surface area contributed by atoms with Crippen LogP contribution in [0, 0.1) is 6.92 Å². The van der Waals surface area contributed by atoms with E-state index < -0.39 is 0 Å². The topological polar surface area (TPSA) is 66.9 Å². The van der Waals surface area contributed by atoms with E-state index in [9.17, 15) is 4.79 Å². The summed E-state index contributed by atoms with van der Waals surface area (Å²) in [5, 5.41) is 14.7. The fourth-order valence-electron chi connectivity index (χ4n) is 1.44. The lowest BCUT2D eigenvalue weighted by Gasteiger charge is -2.01. The van der Waals surface area contributed by atoms with Gasteiger partial charge >= 0.3 is 0 Å². The molecule has 1 aromatic carbocycles. The van der Waals surface area contributed by atoms with Gasteiger partial charge in [0.2, 0.25) is 11.0 Å². The van der Waals surface area contributed by atoms with Crippen molar-refractivity contribution in [2.24, 2.45) is 0 Å². The summed E-state index contributed by atoms with van der Waals surface area (Å²) in [6, 6.07) is 8.05. The number of hydrogen-bond donors (Lipinski definition) is 2. The van der Waals surface area contributed by atoms with E-state index in [1.54, 1.807) is 6.08 Å². The van der Waals surface area contributed by atoms with Crippen molar-refractivity contribution in [1.82, 2.24) is 15.5 Å². The second-order valence-corrected chi connectivity index (χ2v) is 6.45. The van der Waals surface area contributed by atoms with Gasteiger partial charge in [-0.1, -0.05) is 46.9 Å². The molecule has 0 radical (unpaired) electrons. The molecular formula is C14H16N4OS2. The van der Waals surface area contributed by atoms with Gasteiger partial charge in [0.1, 0.15) is 0 Å². The van der Waals surface area contributed by atoms with E-state index in [1.807, 2.05) is 31.2 Å². The van der Waals surface area contributed by atoms with Gasteiger partial charge in [-0.25, -0.2) is 0 Å². The number of thioether (sulfide) groups is 1. The Morgan fingerprint density at radius 2 is 2.14 bits per heavy atom. The normalized spacial score (nSPS) is 10.1. The largest absolute Gasteiger partial charge is 0.352 e. The number of aryl methyl sites for hydroxylation is 1. The molecular weight excluding hydrogens is 304 g/mol. The molecule has 0 saturated heterocycles. The van der Waals surface area contributed by atoms with Gasteiger partial charge in [-0.05, 0) is 19.1 Å². The van der Waals surface area contributed by atoms with Gasteiger partial charge in [-0.15, -0.1) is 16.8 Å². The van der Waals surface area contributed by atoms with E-state index in [-0.39, 0.29) is 5.91 Å². The average molecular weight is 320 g/mol. The van der Waals surface area contributed by atoms with E-state index in [0.717, 1.165) is 10.0 Å². The summed E-state index contributed by atoms with van der Waals surface area (Å²) in [5.74, 6) is 0.288. The third kappa shape index (κ3) is 5.20. The van der Waals surface area contributed by atoms with Crippen molar-refractivity contribution in [2.75, 3.05) is 17.6 Å². The van der Waals surface area contributed by atoms with E-state index in [2.05, 4.69) is 27.4 Å². The molecule has 1 aromatic heterocycles. The number of carbonyl (C=O) groups is 1. The monoisotopic (exact) mass is 320 g/mol. The zero-order valence-electron chi connectivity index (χ0n) is 11.6. The van der Waals surface area contributed by atoms with Crippen LogP contribution in [0.2, 0.25) is 0 Å². The summed E-state index contributed by atoms with van der Waals surface area (Å²) in [7, 11) is 0. The first-order valence-corrected chi connectivity index (χ1v) is 8.15. The SMILES string of the molecule is C=CCNC(=O)CSc1nnc(Nc2ccc(C)cc2)s1. The molecule has 5 nitrogen and oxygen atoms in total. The smallest absolute Gasteiger partial charge is 0.230 e. The molecule has 0 saturated carbocycles. The maximum absolute atomic E-state index is 11.5. The molecule has 0 spiro atoms. The highest BCUT2D eigenvalue weighted by Crippen LogP contribution is 2.27. The van der Waals surface area contributed by atoms with E-state index in [4.69, 9.17) is 0 Å². The Balaban J connectivity index is 1.85. The molecule has 1 heterocycles. The van der Waals surface area contributed by atoms with Crippen molar-refractivity contribution >= 4 is 39.8 Å². The summed E-state index contributed by atoms with van der Waals surface area (Å²) in [6.45, 7) is 6.07. The number of anilines is 2. The average Bonchev–Trinajstić information content (AvgIpc) is 2.93. The first-order valence-electron chi connectivity index (χ1n) is 6.35. The molecule has 2 aromatic rings. The van der Waals surface area contributed by atoms with Crippen LogP contribution >= 0.6 is 23.1 Å². The number of amides is 1. The molecule has 0 fully saturated rings. The minimum Gasteiger partial charge on any atom is -0.352 e. The van der Waals surface area contributed by atoms with Gasteiger partial charge in [0.25, 0.3) is 0 Å². The lowest BCUT2D eigenvalue weighted by atomic mass is 10.2. The molecule has 2 N–H and O–H groups in total. The lowest BCUT2D eigenvalue weighted by molar-refractivity contribution is -0.118. The van der Waals surface area contributed by atoms with Crippen LogP contribution in [0.4, 0.5) is 10.8 Å². The second-order valence-electron chi connectivity index (χ2n) is 4.25. The fraction of sp³-hybridized carbons (Fsp3) is 0.214. The van der Waals surface area contributed by atoms with Crippen LogP contribution in [0.25, 0.3) is 0 Å². The molecule has 0 bridgehead atoms. The molecule has 0 aliphatic heterocycles. The third-order valence-corrected chi connectivity index (χ3v) is 4.45. The Morgan fingerprint density at radius 3 is 2.86 bits per heavy atom. The molecule has 110 valence electrons. The van der Waals surface area contributed by atoms with Crippen molar-refractivity contribution in [1.29, 1.82) is 0 Å². The molecule has 0 atom stereocenters. The Hall–Kier alpha value is -1.86. The van der Waals surface area contributed by atoms with Crippen LogP contribution in [-0.4, -0.2) is 28.4 Å². The molecule has 7 heteroatoms. The van der Waals surface area contributed by atoms with Crippen LogP contribution in [0.3, 0.4) is 0 Å². The van der Waals surface area contributed by atoms with Gasteiger partial charge in [-0.3, -0.25) is 4.79 Å². The van der Waals surface area contributed by atoms with E-state index in [0.29, 0.717) is 17.4 Å². The van der Waals surface area contributed by atoms with Crippen molar-refractivity contribution in [3.8, 4) is 0 Å². The summed E-state index contributed by atoms with van der Waals surface area (Å²) in [4.78, 5) is 11.5. The molecule has 21 heavy (non-hydrogen) atoms. The highest BCUT2D eigenvalue weighted by molar-refractivity contribution is 8.01. The first-order chi connectivity index (χ1) is 10.2. The van der Waals surface area contributed by atoms with Crippen LogP contribution < -0.4 is 10.6 Å². The standard InChI is InChI=1S/C14H16N4OS2/c1-3-8-15-12(19)9-20-14-18-17-13(21-14)16-11-6-4-10(2)5-7-11/h3-7H,1,8-9H2,2H3,(H,15,19)(H,16,17). The molecule has 0 aliphatic carbocycles. The third-order valence-electron chi connectivity index (χ3n) is 2.48. The maximum atomic E-state index is 11.5. The quantitative estimate of drug-likeness (QED) is 0.606. The van der Waals surface area contributed by atoms with Crippen LogP contribution in [0.5, 0.6) is 0 Å². The number of aromatic nitrogens is 2. The molecule has 1 amide bonds. The van der Waals surface area contributed by atoms with E-state index >= 15 is 0 Å². The molecule has 2 rings (SSSR count). The van der Waals surface area contributed by atoms with Gasteiger partial charge in [0.15, 0.2) is 4.34 Å². The van der Waals surface area contributed by atoms with Crippen LogP contribution in [-0.2, 0) is 4.79 Å². The van der Waals surface area contributed by atoms with Gasteiger partial charge < -0.3 is 10.6 Å². The summed E-state index contributed by atoms with van der Waals surface area (Å²) >= 11 is 2.80. The second kappa shape index (κ2) is 7.80.